The monoisotopic (exact) mass is 178 g/mol. The van der Waals surface area contributed by atoms with E-state index in [-0.39, 0.29) is 0 Å². The molecule has 72 valence electrons. The quantitative estimate of drug-likeness (QED) is 0.613. The van der Waals surface area contributed by atoms with Crippen molar-refractivity contribution >= 4 is 0 Å². The maximum atomic E-state index is 2.41. The van der Waals surface area contributed by atoms with Crippen LogP contribution in [0.1, 0.15) is 43.3 Å². The average Bonchev–Trinajstić information content (AvgIpc) is 2.02. The van der Waals surface area contributed by atoms with Gasteiger partial charge in [-0.2, -0.15) is 4.57 Å². The Bertz CT molecular complexity index is 279. The Labute approximate surface area is 81.4 Å². The third-order valence-corrected chi connectivity index (χ3v) is 2.66. The number of nitrogens with zero attached hydrogens (tertiary/aromatic N) is 1. The molecule has 1 nitrogen and oxygen atoms in total. The second kappa shape index (κ2) is 3.91. The predicted octanol–water partition coefficient (Wildman–Crippen LogP) is 2.87. The van der Waals surface area contributed by atoms with Gasteiger partial charge in [0.05, 0.1) is 0 Å². The van der Waals surface area contributed by atoms with Crippen molar-refractivity contribution in [2.75, 3.05) is 0 Å². The van der Waals surface area contributed by atoms with Crippen molar-refractivity contribution < 1.29 is 4.57 Å². The molecular formula is C12H20N+. The zero-order valence-corrected chi connectivity index (χ0v) is 9.39. The van der Waals surface area contributed by atoms with Gasteiger partial charge < -0.3 is 0 Å². The standard InChI is InChI=1S/C12H20N/c1-6-10(3)13-11(4)7-9(2)8-12(13)5/h7-8,10H,6H2,1-5H3/q+1. The minimum Gasteiger partial charge on any atom is -0.198 e. The van der Waals surface area contributed by atoms with Gasteiger partial charge in [-0.25, -0.2) is 0 Å². The molecule has 0 aromatic carbocycles. The Morgan fingerprint density at radius 1 is 1.15 bits per heavy atom. The molecule has 0 bridgehead atoms. The van der Waals surface area contributed by atoms with E-state index in [4.69, 9.17) is 0 Å². The maximum absolute atomic E-state index is 2.41. The highest BCUT2D eigenvalue weighted by atomic mass is 15.0. The normalized spacial score (nSPS) is 13.0. The van der Waals surface area contributed by atoms with Gasteiger partial charge in [0.15, 0.2) is 17.4 Å². The molecule has 13 heavy (non-hydrogen) atoms. The lowest BCUT2D eigenvalue weighted by Crippen LogP contribution is -2.43. The first-order valence-corrected chi connectivity index (χ1v) is 5.05. The lowest BCUT2D eigenvalue weighted by Gasteiger charge is -2.10. The number of rotatable bonds is 2. The lowest BCUT2D eigenvalue weighted by atomic mass is 10.1. The molecule has 1 rings (SSSR count). The molecule has 1 heterocycles. The van der Waals surface area contributed by atoms with Crippen LogP contribution in [0.2, 0.25) is 0 Å². The van der Waals surface area contributed by atoms with Crippen LogP contribution in [-0.2, 0) is 0 Å². The fraction of sp³-hybridized carbons (Fsp3) is 0.583. The summed E-state index contributed by atoms with van der Waals surface area (Å²) in [6.45, 7) is 11.0. The molecule has 0 aliphatic carbocycles. The van der Waals surface area contributed by atoms with Crippen molar-refractivity contribution in [3.63, 3.8) is 0 Å². The van der Waals surface area contributed by atoms with Gasteiger partial charge in [0, 0.05) is 32.4 Å². The van der Waals surface area contributed by atoms with Gasteiger partial charge in [-0.1, -0.05) is 6.92 Å². The zero-order chi connectivity index (χ0) is 10.0. The molecular weight excluding hydrogens is 158 g/mol. The Balaban J connectivity index is 3.20. The van der Waals surface area contributed by atoms with Crippen LogP contribution in [-0.4, -0.2) is 0 Å². The number of pyridine rings is 1. The largest absolute Gasteiger partial charge is 0.198 e. The molecule has 0 radical (unpaired) electrons. The van der Waals surface area contributed by atoms with E-state index in [1.807, 2.05) is 0 Å². The molecule has 1 atom stereocenters. The molecule has 1 unspecified atom stereocenters. The van der Waals surface area contributed by atoms with Crippen molar-refractivity contribution in [3.05, 3.63) is 29.1 Å². The van der Waals surface area contributed by atoms with E-state index in [0.717, 1.165) is 0 Å². The molecule has 0 aliphatic rings. The van der Waals surface area contributed by atoms with Gasteiger partial charge in [0.2, 0.25) is 0 Å². The summed E-state index contributed by atoms with van der Waals surface area (Å²) in [5, 5.41) is 0. The molecule has 0 amide bonds. The van der Waals surface area contributed by atoms with Crippen molar-refractivity contribution in [2.45, 2.75) is 47.1 Å². The van der Waals surface area contributed by atoms with Crippen molar-refractivity contribution in [2.24, 2.45) is 0 Å². The van der Waals surface area contributed by atoms with E-state index in [2.05, 4.69) is 51.3 Å². The number of hydrogen-bond donors (Lipinski definition) is 0. The average molecular weight is 178 g/mol. The SMILES string of the molecule is CCC(C)[n+]1c(C)cc(C)cc1C. The highest BCUT2D eigenvalue weighted by molar-refractivity contribution is 5.13. The predicted molar refractivity (Wildman–Crippen MR) is 55.9 cm³/mol. The number of aromatic nitrogens is 1. The summed E-state index contributed by atoms with van der Waals surface area (Å²) in [5.74, 6) is 0. The smallest absolute Gasteiger partial charge is 0.178 e. The topological polar surface area (TPSA) is 3.88 Å². The minimum atomic E-state index is 0.612. The number of aryl methyl sites for hydroxylation is 3. The van der Waals surface area contributed by atoms with Crippen LogP contribution in [0.3, 0.4) is 0 Å². The lowest BCUT2D eigenvalue weighted by molar-refractivity contribution is -0.730. The Morgan fingerprint density at radius 3 is 2.00 bits per heavy atom. The van der Waals surface area contributed by atoms with Crippen LogP contribution >= 0.6 is 0 Å². The van der Waals surface area contributed by atoms with E-state index < -0.39 is 0 Å². The second-order valence-corrected chi connectivity index (χ2v) is 3.94. The first-order chi connectivity index (χ1) is 6.06. The molecule has 0 spiro atoms. The van der Waals surface area contributed by atoms with Crippen LogP contribution < -0.4 is 4.57 Å². The van der Waals surface area contributed by atoms with Crippen molar-refractivity contribution in [1.82, 2.24) is 0 Å². The molecule has 0 saturated carbocycles. The number of hydrogen-bond acceptors (Lipinski definition) is 0. The van der Waals surface area contributed by atoms with Gasteiger partial charge in [0.25, 0.3) is 0 Å². The highest BCUT2D eigenvalue weighted by Gasteiger charge is 2.16. The van der Waals surface area contributed by atoms with E-state index in [1.165, 1.54) is 23.4 Å². The summed E-state index contributed by atoms with van der Waals surface area (Å²) in [7, 11) is 0. The van der Waals surface area contributed by atoms with Crippen LogP contribution in [0.5, 0.6) is 0 Å². The minimum absolute atomic E-state index is 0.612. The van der Waals surface area contributed by atoms with Gasteiger partial charge in [0.1, 0.15) is 0 Å². The third kappa shape index (κ3) is 2.09. The van der Waals surface area contributed by atoms with Crippen LogP contribution in [0.25, 0.3) is 0 Å². The fourth-order valence-corrected chi connectivity index (χ4v) is 2.00. The Morgan fingerprint density at radius 2 is 1.62 bits per heavy atom. The first-order valence-electron chi connectivity index (χ1n) is 5.05. The summed E-state index contributed by atoms with van der Waals surface area (Å²) in [5.41, 5.74) is 4.09. The first kappa shape index (κ1) is 10.2. The van der Waals surface area contributed by atoms with Gasteiger partial charge in [-0.05, 0) is 19.4 Å². The third-order valence-electron chi connectivity index (χ3n) is 2.66. The molecule has 0 fully saturated rings. The molecule has 1 aromatic heterocycles. The summed E-state index contributed by atoms with van der Waals surface area (Å²) in [6, 6.07) is 5.11. The van der Waals surface area contributed by atoms with Gasteiger partial charge in [-0.3, -0.25) is 0 Å². The van der Waals surface area contributed by atoms with Crippen LogP contribution in [0, 0.1) is 20.8 Å². The van der Waals surface area contributed by atoms with E-state index in [1.54, 1.807) is 0 Å². The summed E-state index contributed by atoms with van der Waals surface area (Å²) in [6.07, 6.45) is 1.19. The van der Waals surface area contributed by atoms with Crippen molar-refractivity contribution in [1.29, 1.82) is 0 Å². The van der Waals surface area contributed by atoms with Gasteiger partial charge >= 0.3 is 0 Å². The maximum Gasteiger partial charge on any atom is 0.178 e. The fourth-order valence-electron chi connectivity index (χ4n) is 2.00. The van der Waals surface area contributed by atoms with E-state index in [9.17, 15) is 0 Å². The summed E-state index contributed by atoms with van der Waals surface area (Å²) >= 11 is 0. The molecule has 1 heteroatoms. The second-order valence-electron chi connectivity index (χ2n) is 3.94. The van der Waals surface area contributed by atoms with Gasteiger partial charge in [-0.15, -0.1) is 0 Å². The van der Waals surface area contributed by atoms with Crippen LogP contribution in [0.4, 0.5) is 0 Å². The Kier molecular flexibility index (Phi) is 3.07. The zero-order valence-electron chi connectivity index (χ0n) is 9.39. The van der Waals surface area contributed by atoms with E-state index >= 15 is 0 Å². The van der Waals surface area contributed by atoms with Crippen molar-refractivity contribution in [3.8, 4) is 0 Å². The van der Waals surface area contributed by atoms with Crippen LogP contribution in [0.15, 0.2) is 12.1 Å². The highest BCUT2D eigenvalue weighted by Crippen LogP contribution is 2.08. The van der Waals surface area contributed by atoms with E-state index in [0.29, 0.717) is 6.04 Å². The summed E-state index contributed by atoms with van der Waals surface area (Å²) < 4.78 is 2.41. The molecule has 0 saturated heterocycles. The molecule has 1 aromatic rings. The molecule has 0 N–H and O–H groups in total. The Hall–Kier alpha value is -0.850. The summed E-state index contributed by atoms with van der Waals surface area (Å²) in [4.78, 5) is 0. The molecule has 0 aliphatic heterocycles.